The van der Waals surface area contributed by atoms with E-state index in [9.17, 15) is 0 Å². The first-order chi connectivity index (χ1) is 8.79. The molecule has 0 spiro atoms. The third kappa shape index (κ3) is 3.80. The van der Waals surface area contributed by atoms with Gasteiger partial charge in [0, 0.05) is 38.6 Å². The van der Waals surface area contributed by atoms with Gasteiger partial charge in [0.15, 0.2) is 0 Å². The number of aryl methyl sites for hydroxylation is 1. The summed E-state index contributed by atoms with van der Waals surface area (Å²) in [4.78, 5) is 6.70. The van der Waals surface area contributed by atoms with Crippen molar-refractivity contribution in [2.24, 2.45) is 0 Å². The smallest absolute Gasteiger partial charge is 0.105 e. The van der Waals surface area contributed by atoms with Crippen LogP contribution in [0.15, 0.2) is 12.4 Å². The predicted molar refractivity (Wildman–Crippen MR) is 69.5 cm³/mol. The van der Waals surface area contributed by atoms with Crippen LogP contribution in [0.3, 0.4) is 0 Å². The highest BCUT2D eigenvalue weighted by Crippen LogP contribution is 2.13. The molecule has 1 aromatic heterocycles. The highest BCUT2D eigenvalue weighted by molar-refractivity contribution is 4.88. The van der Waals surface area contributed by atoms with E-state index < -0.39 is 0 Å². The van der Waals surface area contributed by atoms with Crippen molar-refractivity contribution in [3.8, 4) is 0 Å². The lowest BCUT2D eigenvalue weighted by Crippen LogP contribution is -2.39. The fraction of sp³-hybridized carbons (Fsp3) is 0.769. The number of rotatable bonds is 6. The molecule has 5 nitrogen and oxygen atoms in total. The molecular weight excluding hydrogens is 230 g/mol. The number of imidazole rings is 1. The van der Waals surface area contributed by atoms with Crippen LogP contribution < -0.4 is 0 Å². The highest BCUT2D eigenvalue weighted by Gasteiger charge is 2.19. The van der Waals surface area contributed by atoms with Crippen LogP contribution in [0.25, 0.3) is 0 Å². The maximum Gasteiger partial charge on any atom is 0.105 e. The Bertz CT molecular complexity index is 346. The van der Waals surface area contributed by atoms with Gasteiger partial charge in [-0.1, -0.05) is 0 Å². The van der Waals surface area contributed by atoms with Crippen LogP contribution in [0.4, 0.5) is 0 Å². The average Bonchev–Trinajstić information content (AvgIpc) is 2.81. The number of hydrogen-bond donors (Lipinski definition) is 1. The van der Waals surface area contributed by atoms with E-state index in [0.29, 0.717) is 12.7 Å². The summed E-state index contributed by atoms with van der Waals surface area (Å²) in [6.45, 7) is 6.89. The number of nitrogens with zero attached hydrogens (tertiary/aromatic N) is 3. The lowest BCUT2D eigenvalue weighted by molar-refractivity contribution is -0.00812. The Morgan fingerprint density at radius 3 is 2.78 bits per heavy atom. The number of piperidine rings is 1. The monoisotopic (exact) mass is 253 g/mol. The van der Waals surface area contributed by atoms with Gasteiger partial charge in [0.05, 0.1) is 19.3 Å². The summed E-state index contributed by atoms with van der Waals surface area (Å²) in [6.07, 6.45) is 6.37. The third-order valence-electron chi connectivity index (χ3n) is 3.56. The number of aliphatic hydroxyl groups is 1. The van der Waals surface area contributed by atoms with Crippen LogP contribution in [-0.4, -0.2) is 58.5 Å². The molecular formula is C13H23N3O2. The maximum atomic E-state index is 8.72. The van der Waals surface area contributed by atoms with E-state index >= 15 is 0 Å². The summed E-state index contributed by atoms with van der Waals surface area (Å²) in [6, 6.07) is 0. The van der Waals surface area contributed by atoms with Crippen molar-refractivity contribution in [3.63, 3.8) is 0 Å². The van der Waals surface area contributed by atoms with E-state index in [2.05, 4.69) is 14.5 Å². The first kappa shape index (κ1) is 13.5. The van der Waals surface area contributed by atoms with Gasteiger partial charge < -0.3 is 19.3 Å². The van der Waals surface area contributed by atoms with Crippen LogP contribution >= 0.6 is 0 Å². The topological polar surface area (TPSA) is 50.5 Å². The minimum Gasteiger partial charge on any atom is -0.394 e. The summed E-state index contributed by atoms with van der Waals surface area (Å²) < 4.78 is 7.75. The average molecular weight is 253 g/mol. The van der Waals surface area contributed by atoms with Gasteiger partial charge in [-0.3, -0.25) is 0 Å². The van der Waals surface area contributed by atoms with Crippen LogP contribution in [0.5, 0.6) is 0 Å². The zero-order valence-corrected chi connectivity index (χ0v) is 11.1. The number of likely N-dealkylation sites (tertiary alicyclic amines) is 1. The summed E-state index contributed by atoms with van der Waals surface area (Å²) in [5, 5.41) is 8.72. The molecule has 1 aliphatic heterocycles. The van der Waals surface area contributed by atoms with E-state index in [1.165, 1.54) is 0 Å². The minimum absolute atomic E-state index is 0.125. The van der Waals surface area contributed by atoms with Crippen molar-refractivity contribution >= 4 is 0 Å². The molecule has 1 N–H and O–H groups in total. The van der Waals surface area contributed by atoms with Crippen molar-refractivity contribution in [2.45, 2.75) is 32.4 Å². The molecule has 2 rings (SSSR count). The van der Waals surface area contributed by atoms with Gasteiger partial charge in [0.25, 0.3) is 0 Å². The maximum absolute atomic E-state index is 8.72. The molecule has 0 aromatic carbocycles. The van der Waals surface area contributed by atoms with Gasteiger partial charge in [-0.25, -0.2) is 4.98 Å². The molecule has 0 radical (unpaired) electrons. The Balaban J connectivity index is 1.66. The quantitative estimate of drug-likeness (QED) is 0.809. The Kier molecular flexibility index (Phi) is 5.16. The summed E-state index contributed by atoms with van der Waals surface area (Å²) >= 11 is 0. The van der Waals surface area contributed by atoms with Crippen molar-refractivity contribution in [2.75, 3.05) is 32.8 Å². The molecule has 2 heterocycles. The highest BCUT2D eigenvalue weighted by atomic mass is 16.5. The van der Waals surface area contributed by atoms with Gasteiger partial charge in [-0.05, 0) is 19.8 Å². The Morgan fingerprint density at radius 2 is 2.17 bits per heavy atom. The molecule has 0 bridgehead atoms. The Labute approximate surface area is 108 Å². The normalized spacial score (nSPS) is 18.3. The van der Waals surface area contributed by atoms with Crippen LogP contribution in [-0.2, 0) is 11.3 Å². The van der Waals surface area contributed by atoms with E-state index in [-0.39, 0.29) is 6.61 Å². The summed E-state index contributed by atoms with van der Waals surface area (Å²) in [5.41, 5.74) is 0. The number of hydrogen-bond acceptors (Lipinski definition) is 4. The molecule has 102 valence electrons. The second-order valence-electron chi connectivity index (χ2n) is 4.80. The van der Waals surface area contributed by atoms with E-state index in [1.807, 2.05) is 19.3 Å². The van der Waals surface area contributed by atoms with Gasteiger partial charge >= 0.3 is 0 Å². The van der Waals surface area contributed by atoms with E-state index in [4.69, 9.17) is 9.84 Å². The molecule has 1 aromatic rings. The van der Waals surface area contributed by atoms with Crippen molar-refractivity contribution in [1.29, 1.82) is 0 Å². The lowest BCUT2D eigenvalue weighted by Gasteiger charge is -2.31. The predicted octanol–water partition coefficient (Wildman–Crippen LogP) is 0.665. The molecule has 5 heteroatoms. The molecule has 0 atom stereocenters. The van der Waals surface area contributed by atoms with Crippen LogP contribution in [0.2, 0.25) is 0 Å². The summed E-state index contributed by atoms with van der Waals surface area (Å²) in [7, 11) is 0. The van der Waals surface area contributed by atoms with Crippen molar-refractivity contribution < 1.29 is 9.84 Å². The fourth-order valence-electron chi connectivity index (χ4n) is 2.41. The molecule has 1 aliphatic rings. The Morgan fingerprint density at radius 1 is 1.39 bits per heavy atom. The molecule has 0 amide bonds. The first-order valence-electron chi connectivity index (χ1n) is 6.72. The Hall–Kier alpha value is -0.910. The third-order valence-corrected chi connectivity index (χ3v) is 3.56. The van der Waals surface area contributed by atoms with E-state index in [1.54, 1.807) is 0 Å². The molecule has 18 heavy (non-hydrogen) atoms. The van der Waals surface area contributed by atoms with Crippen LogP contribution in [0, 0.1) is 6.92 Å². The second kappa shape index (κ2) is 6.87. The molecule has 0 aliphatic carbocycles. The SMILES string of the molecule is Cc1nccn1CCN1CCC(OCCO)CC1. The van der Waals surface area contributed by atoms with Gasteiger partial charge in [0.1, 0.15) is 5.82 Å². The zero-order chi connectivity index (χ0) is 12.8. The van der Waals surface area contributed by atoms with Crippen molar-refractivity contribution in [3.05, 3.63) is 18.2 Å². The summed E-state index contributed by atoms with van der Waals surface area (Å²) in [5.74, 6) is 1.08. The number of aromatic nitrogens is 2. The minimum atomic E-state index is 0.125. The molecule has 1 fully saturated rings. The van der Waals surface area contributed by atoms with Gasteiger partial charge in [-0.2, -0.15) is 0 Å². The largest absolute Gasteiger partial charge is 0.394 e. The van der Waals surface area contributed by atoms with E-state index in [0.717, 1.165) is 44.8 Å². The molecule has 0 saturated carbocycles. The standard InChI is InChI=1S/C13H23N3O2/c1-12-14-4-7-16(12)9-8-15-5-2-13(3-6-15)18-11-10-17/h4,7,13,17H,2-3,5-6,8-11H2,1H3. The lowest BCUT2D eigenvalue weighted by atomic mass is 10.1. The molecule has 1 saturated heterocycles. The van der Waals surface area contributed by atoms with Crippen molar-refractivity contribution in [1.82, 2.24) is 14.5 Å². The fourth-order valence-corrected chi connectivity index (χ4v) is 2.41. The first-order valence-corrected chi connectivity index (χ1v) is 6.72. The zero-order valence-electron chi connectivity index (χ0n) is 11.1. The van der Waals surface area contributed by atoms with Gasteiger partial charge in [0.2, 0.25) is 0 Å². The molecule has 0 unspecified atom stereocenters. The van der Waals surface area contributed by atoms with Crippen LogP contribution in [0.1, 0.15) is 18.7 Å². The number of ether oxygens (including phenoxy) is 1. The van der Waals surface area contributed by atoms with Gasteiger partial charge in [-0.15, -0.1) is 0 Å². The second-order valence-corrected chi connectivity index (χ2v) is 4.80. The number of aliphatic hydroxyl groups excluding tert-OH is 1.